The topological polar surface area (TPSA) is 102 Å². The Morgan fingerprint density at radius 1 is 1.21 bits per heavy atom. The smallest absolute Gasteiger partial charge is 0.482 e. The minimum atomic E-state index is -1.01. The molecule has 0 bridgehead atoms. The van der Waals surface area contributed by atoms with Crippen LogP contribution in [0.1, 0.15) is 63.0 Å². The van der Waals surface area contributed by atoms with Gasteiger partial charge in [0.15, 0.2) is 6.61 Å². The molecule has 2 N–H and O–H groups in total. The van der Waals surface area contributed by atoms with Crippen molar-refractivity contribution in [1.29, 1.82) is 0 Å². The normalized spacial score (nSPS) is 24.1. The van der Waals surface area contributed by atoms with Crippen LogP contribution < -0.4 is 4.74 Å². The van der Waals surface area contributed by atoms with Crippen LogP contribution in [-0.4, -0.2) is 54.4 Å². The number of hydrogen-bond donors (Lipinski definition) is 2. The zero-order chi connectivity index (χ0) is 24.5. The number of hydrogen-bond acceptors (Lipinski definition) is 6. The van der Waals surface area contributed by atoms with Crippen LogP contribution in [-0.2, 0) is 27.1 Å². The van der Waals surface area contributed by atoms with Crippen molar-refractivity contribution in [3.05, 3.63) is 29.3 Å². The molecule has 1 aromatic carbocycles. The first kappa shape index (κ1) is 26.3. The molecule has 0 saturated heterocycles. The van der Waals surface area contributed by atoms with Gasteiger partial charge < -0.3 is 24.4 Å². The fraction of sp³-hybridized carbons (Fsp3) is 0.692. The molecular weight excluding hydrogens is 443 g/mol. The van der Waals surface area contributed by atoms with E-state index in [1.165, 1.54) is 0 Å². The Hall–Kier alpha value is -2.35. The fourth-order valence-electron chi connectivity index (χ4n) is 5.63. The van der Waals surface area contributed by atoms with Gasteiger partial charge in [0.2, 0.25) is 0 Å². The lowest BCUT2D eigenvalue weighted by Crippen LogP contribution is -2.29. The number of carboxylic acids is 1. The summed E-state index contributed by atoms with van der Waals surface area (Å²) in [6.45, 7) is 0.697. The van der Waals surface area contributed by atoms with Crippen LogP contribution in [0, 0.1) is 17.8 Å². The van der Waals surface area contributed by atoms with Gasteiger partial charge in [-0.05, 0) is 79.9 Å². The van der Waals surface area contributed by atoms with Gasteiger partial charge in [0.05, 0.1) is 6.10 Å². The number of halogens is 1. The van der Waals surface area contributed by atoms with Gasteiger partial charge in [-0.2, -0.15) is 0 Å². The monoisotopic (exact) mass is 480 g/mol. The molecule has 5 atom stereocenters. The second kappa shape index (κ2) is 12.9. The molecule has 7 nitrogen and oxygen atoms in total. The molecule has 0 heterocycles. The number of aliphatic carboxylic acids is 1. The Morgan fingerprint density at radius 3 is 2.76 bits per heavy atom. The van der Waals surface area contributed by atoms with Crippen molar-refractivity contribution in [1.82, 2.24) is 0 Å². The minimum absolute atomic E-state index is 0.0980. The highest BCUT2D eigenvalue weighted by Crippen LogP contribution is 2.48. The van der Waals surface area contributed by atoms with Crippen LogP contribution in [0.5, 0.6) is 5.75 Å². The first-order valence-electron chi connectivity index (χ1n) is 12.5. The molecule has 0 aromatic heterocycles. The molecule has 0 spiro atoms. The summed E-state index contributed by atoms with van der Waals surface area (Å²) in [7, 11) is 0. The number of carboxylic acid groups (broad SMARTS) is 1. The molecule has 1 aromatic rings. The third kappa shape index (κ3) is 7.08. The molecule has 1 saturated carbocycles. The average molecular weight is 481 g/mol. The van der Waals surface area contributed by atoms with Gasteiger partial charge in [-0.15, -0.1) is 0 Å². The second-order valence-electron chi connectivity index (χ2n) is 9.48. The third-order valence-corrected chi connectivity index (χ3v) is 7.21. The summed E-state index contributed by atoms with van der Waals surface area (Å²) < 4.78 is 28.1. The van der Waals surface area contributed by atoms with Crippen molar-refractivity contribution in [3.8, 4) is 5.75 Å². The number of aliphatic hydroxyl groups excluding tert-OH is 1. The number of carbonyl (C=O) groups is 2. The van der Waals surface area contributed by atoms with Gasteiger partial charge in [-0.1, -0.05) is 31.9 Å². The molecule has 34 heavy (non-hydrogen) atoms. The first-order chi connectivity index (χ1) is 16.4. The van der Waals surface area contributed by atoms with Gasteiger partial charge in [0.1, 0.15) is 25.1 Å². The maximum absolute atomic E-state index is 12.3. The van der Waals surface area contributed by atoms with E-state index in [4.69, 9.17) is 19.3 Å². The maximum atomic E-state index is 12.3. The number of fused-ring (bicyclic) bond motifs is 2. The van der Waals surface area contributed by atoms with Gasteiger partial charge >= 0.3 is 12.1 Å². The number of aliphatic hydroxyl groups is 1. The van der Waals surface area contributed by atoms with Crippen LogP contribution in [0.15, 0.2) is 18.2 Å². The molecule has 2 aliphatic carbocycles. The Kier molecular flexibility index (Phi) is 9.99. The fourth-order valence-corrected chi connectivity index (χ4v) is 5.63. The summed E-state index contributed by atoms with van der Waals surface area (Å²) in [5.41, 5.74) is 2.20. The zero-order valence-corrected chi connectivity index (χ0v) is 19.9. The standard InChI is InChI=1S/C26H37FO7/c1-2-3-4-7-19(34-26(31)32-12-11-27)9-10-20-21-13-17-6-5-8-24(33-16-25(29)30)22(17)14-18(21)15-23(20)28/h5-6,8,18-21,23,28H,2-4,7,9-16H2,1H3,(H,29,30)/t18-,19-,20+,21-,23+/m0/s1. The molecule has 0 radical (unpaired) electrons. The van der Waals surface area contributed by atoms with Gasteiger partial charge in [0, 0.05) is 0 Å². The highest BCUT2D eigenvalue weighted by molar-refractivity contribution is 5.68. The quantitative estimate of drug-likeness (QED) is 0.311. The lowest BCUT2D eigenvalue weighted by Gasteiger charge is -2.32. The lowest BCUT2D eigenvalue weighted by molar-refractivity contribution is -0.139. The van der Waals surface area contributed by atoms with Crippen molar-refractivity contribution in [2.45, 2.75) is 76.9 Å². The molecule has 8 heteroatoms. The van der Waals surface area contributed by atoms with E-state index in [0.717, 1.165) is 56.1 Å². The lowest BCUT2D eigenvalue weighted by atomic mass is 9.73. The van der Waals surface area contributed by atoms with Crippen molar-refractivity contribution in [3.63, 3.8) is 0 Å². The molecule has 0 unspecified atom stereocenters. The summed E-state index contributed by atoms with van der Waals surface area (Å²) in [6.07, 6.45) is 5.83. The van der Waals surface area contributed by atoms with Crippen LogP contribution in [0.25, 0.3) is 0 Å². The molecule has 2 aliphatic rings. The zero-order valence-electron chi connectivity index (χ0n) is 19.9. The van der Waals surface area contributed by atoms with Crippen molar-refractivity contribution in [2.24, 2.45) is 17.8 Å². The van der Waals surface area contributed by atoms with E-state index in [9.17, 15) is 19.1 Å². The first-order valence-corrected chi connectivity index (χ1v) is 12.5. The Bertz CT molecular complexity index is 814. The molecule has 3 rings (SSSR count). The summed E-state index contributed by atoms with van der Waals surface area (Å²) in [6, 6.07) is 5.75. The number of rotatable bonds is 13. The van der Waals surface area contributed by atoms with E-state index < -0.39 is 24.9 Å². The average Bonchev–Trinajstić information content (AvgIpc) is 3.12. The number of alkyl halides is 1. The minimum Gasteiger partial charge on any atom is -0.482 e. The van der Waals surface area contributed by atoms with E-state index in [1.807, 2.05) is 12.1 Å². The van der Waals surface area contributed by atoms with E-state index in [0.29, 0.717) is 30.4 Å². The number of unbranched alkanes of at least 4 members (excludes halogenated alkanes) is 2. The van der Waals surface area contributed by atoms with E-state index >= 15 is 0 Å². The number of benzene rings is 1. The van der Waals surface area contributed by atoms with Crippen LogP contribution >= 0.6 is 0 Å². The molecule has 1 fully saturated rings. The summed E-state index contributed by atoms with van der Waals surface area (Å²) in [4.78, 5) is 22.8. The van der Waals surface area contributed by atoms with E-state index in [2.05, 4.69) is 13.0 Å². The molecule has 0 aliphatic heterocycles. The summed E-state index contributed by atoms with van der Waals surface area (Å²) in [5, 5.41) is 19.8. The van der Waals surface area contributed by atoms with Crippen molar-refractivity contribution >= 4 is 12.1 Å². The van der Waals surface area contributed by atoms with E-state index in [-0.39, 0.29) is 25.2 Å². The Balaban J connectivity index is 1.63. The third-order valence-electron chi connectivity index (χ3n) is 7.21. The van der Waals surface area contributed by atoms with Crippen LogP contribution in [0.4, 0.5) is 9.18 Å². The van der Waals surface area contributed by atoms with Crippen molar-refractivity contribution in [2.75, 3.05) is 19.9 Å². The molecule has 0 amide bonds. The Labute approximate surface area is 200 Å². The summed E-state index contributed by atoms with van der Waals surface area (Å²) in [5.74, 6) is 0.323. The highest BCUT2D eigenvalue weighted by Gasteiger charge is 2.45. The van der Waals surface area contributed by atoms with Gasteiger partial charge in [-0.25, -0.2) is 14.0 Å². The summed E-state index contributed by atoms with van der Waals surface area (Å²) >= 11 is 0. The SMILES string of the molecule is CCCCC[C@@H](CC[C@@H]1[C@H]2Cc3cccc(OCC(=O)O)c3C[C@H]2C[C@H]1O)OC(=O)OCCF. The van der Waals surface area contributed by atoms with Gasteiger partial charge in [0.25, 0.3) is 0 Å². The number of carbonyl (C=O) groups excluding carboxylic acids is 1. The predicted octanol–water partition coefficient (Wildman–Crippen LogP) is 4.71. The van der Waals surface area contributed by atoms with Crippen LogP contribution in [0.2, 0.25) is 0 Å². The largest absolute Gasteiger partial charge is 0.508 e. The predicted molar refractivity (Wildman–Crippen MR) is 124 cm³/mol. The molecular formula is C26H37FO7. The maximum Gasteiger partial charge on any atom is 0.508 e. The van der Waals surface area contributed by atoms with Gasteiger partial charge in [-0.3, -0.25) is 0 Å². The van der Waals surface area contributed by atoms with Crippen LogP contribution in [0.3, 0.4) is 0 Å². The molecule has 190 valence electrons. The van der Waals surface area contributed by atoms with Crippen molar-refractivity contribution < 1.29 is 38.4 Å². The second-order valence-corrected chi connectivity index (χ2v) is 9.48. The van der Waals surface area contributed by atoms with E-state index in [1.54, 1.807) is 0 Å². The number of ether oxygens (including phenoxy) is 3. The highest BCUT2D eigenvalue weighted by atomic mass is 19.1. The Morgan fingerprint density at radius 2 is 2.03 bits per heavy atom.